The molecule has 2 heterocycles. The summed E-state index contributed by atoms with van der Waals surface area (Å²) in [5.41, 5.74) is 6.86. The lowest BCUT2D eigenvalue weighted by Crippen LogP contribution is -1.91. The van der Waals surface area contributed by atoms with Crippen LogP contribution in [0.3, 0.4) is 0 Å². The van der Waals surface area contributed by atoms with Gasteiger partial charge in [0, 0.05) is 21.4 Å². The second-order valence-corrected chi connectivity index (χ2v) is 10.2. The summed E-state index contributed by atoms with van der Waals surface area (Å²) >= 11 is 0. The van der Waals surface area contributed by atoms with E-state index in [1.165, 1.54) is 37.7 Å². The molecule has 0 aliphatic rings. The van der Waals surface area contributed by atoms with Gasteiger partial charge in [-0.25, -0.2) is 4.98 Å². The molecule has 2 aromatic heterocycles. The van der Waals surface area contributed by atoms with E-state index in [0.717, 1.165) is 17.0 Å². The van der Waals surface area contributed by atoms with Gasteiger partial charge in [-0.1, -0.05) is 103 Å². The van der Waals surface area contributed by atoms with Crippen molar-refractivity contribution in [3.05, 3.63) is 115 Å². The van der Waals surface area contributed by atoms with Crippen LogP contribution in [0.25, 0.3) is 54.7 Å². The van der Waals surface area contributed by atoms with Crippen LogP contribution >= 0.6 is 7.53 Å². The van der Waals surface area contributed by atoms with Crippen molar-refractivity contribution in [3.63, 3.8) is 0 Å². The highest BCUT2D eigenvalue weighted by molar-refractivity contribution is 7.60. The van der Waals surface area contributed by atoms with E-state index in [2.05, 4.69) is 122 Å². The number of nitrogens with zero attached hydrogens (tertiary/aromatic N) is 1. The minimum Gasteiger partial charge on any atom is -0.248 e. The molecule has 0 bridgehead atoms. The Balaban J connectivity index is 1.66. The fourth-order valence-electron chi connectivity index (χ4n) is 4.67. The van der Waals surface area contributed by atoms with Crippen molar-refractivity contribution in [3.8, 4) is 33.6 Å². The maximum atomic E-state index is 5.18. The van der Waals surface area contributed by atoms with Crippen LogP contribution < -0.4 is 0 Å². The third-order valence-corrected chi connectivity index (χ3v) is 8.47. The third-order valence-electron chi connectivity index (χ3n) is 6.20. The first-order valence-electron chi connectivity index (χ1n) is 10.9. The number of pyridine rings is 1. The highest BCUT2D eigenvalue weighted by Crippen LogP contribution is 2.50. The molecule has 0 saturated carbocycles. The van der Waals surface area contributed by atoms with Crippen LogP contribution in [-0.4, -0.2) is 4.98 Å². The highest BCUT2D eigenvalue weighted by Gasteiger charge is 2.15. The fourth-order valence-corrected chi connectivity index (χ4v) is 6.88. The van der Waals surface area contributed by atoms with E-state index in [-0.39, 0.29) is 0 Å². The van der Waals surface area contributed by atoms with Crippen molar-refractivity contribution >= 4 is 28.5 Å². The number of aromatic nitrogens is 1. The average molecular weight is 427 g/mol. The van der Waals surface area contributed by atoms with E-state index in [1.54, 1.807) is 0 Å². The van der Waals surface area contributed by atoms with Crippen LogP contribution in [0.5, 0.6) is 0 Å². The zero-order valence-electron chi connectivity index (χ0n) is 17.9. The Kier molecular flexibility index (Phi) is 4.63. The highest BCUT2D eigenvalue weighted by atomic mass is 31.1. The summed E-state index contributed by atoms with van der Waals surface area (Å²) in [5.74, 6) is 0. The smallest absolute Gasteiger partial charge is 0.0725 e. The minimum absolute atomic E-state index is 0.409. The topological polar surface area (TPSA) is 12.9 Å². The Labute approximate surface area is 189 Å². The Morgan fingerprint density at radius 3 is 1.94 bits per heavy atom. The van der Waals surface area contributed by atoms with Gasteiger partial charge in [-0.2, -0.15) is 0 Å². The molecule has 1 nitrogen and oxygen atoms in total. The molecular weight excluding hydrogens is 405 g/mol. The first kappa shape index (κ1) is 19.0. The van der Waals surface area contributed by atoms with Gasteiger partial charge in [-0.15, -0.1) is 7.53 Å². The molecule has 0 fully saturated rings. The van der Waals surface area contributed by atoms with Crippen molar-refractivity contribution in [2.75, 3.05) is 0 Å². The molecule has 2 heteroatoms. The minimum atomic E-state index is -0.409. The van der Waals surface area contributed by atoms with E-state index in [4.69, 9.17) is 4.98 Å². The summed E-state index contributed by atoms with van der Waals surface area (Å²) in [6.45, 7) is 2.38. The molecule has 0 aliphatic carbocycles. The Morgan fingerprint density at radius 2 is 1.16 bits per heavy atom. The number of hydrogen-bond donors (Lipinski definition) is 0. The van der Waals surface area contributed by atoms with Crippen LogP contribution in [0.4, 0.5) is 0 Å². The molecule has 0 N–H and O–H groups in total. The van der Waals surface area contributed by atoms with Gasteiger partial charge in [-0.3, -0.25) is 0 Å². The van der Waals surface area contributed by atoms with E-state index in [9.17, 15) is 0 Å². The molecule has 6 rings (SSSR count). The standard InChI is InChI=1S/C30H22NP/c1-32-29-18-9-8-15-24(29)25-16-10-17-26(30(25)32)28-20-23(21-11-4-2-5-12-21)19-27(31-28)22-13-6-3-7-14-22/h2-20H,1H3. The largest absolute Gasteiger partial charge is 0.248 e. The van der Waals surface area contributed by atoms with Gasteiger partial charge in [0.05, 0.1) is 11.4 Å². The van der Waals surface area contributed by atoms with E-state index < -0.39 is 7.53 Å². The summed E-state index contributed by atoms with van der Waals surface area (Å²) in [6, 6.07) is 41.1. The molecule has 0 aliphatic heterocycles. The lowest BCUT2D eigenvalue weighted by Gasteiger charge is -2.12. The van der Waals surface area contributed by atoms with Gasteiger partial charge in [0.2, 0.25) is 0 Å². The van der Waals surface area contributed by atoms with E-state index in [1.807, 2.05) is 0 Å². The first-order valence-corrected chi connectivity index (χ1v) is 12.7. The summed E-state index contributed by atoms with van der Waals surface area (Å²) in [4.78, 5) is 5.18. The van der Waals surface area contributed by atoms with Crippen molar-refractivity contribution in [1.82, 2.24) is 4.98 Å². The Hall–Kier alpha value is -3.67. The fraction of sp³-hybridized carbons (Fsp3) is 0.0333. The molecule has 1 atom stereocenters. The van der Waals surface area contributed by atoms with Gasteiger partial charge in [0.1, 0.15) is 0 Å². The quantitative estimate of drug-likeness (QED) is 0.275. The Bertz CT molecular complexity index is 1510. The number of hydrogen-bond acceptors (Lipinski definition) is 1. The van der Waals surface area contributed by atoms with Gasteiger partial charge in [0.15, 0.2) is 0 Å². The molecule has 0 radical (unpaired) electrons. The Morgan fingerprint density at radius 1 is 0.531 bits per heavy atom. The van der Waals surface area contributed by atoms with Crippen LogP contribution in [0.15, 0.2) is 115 Å². The molecule has 6 aromatic rings. The van der Waals surface area contributed by atoms with Crippen LogP contribution in [0.1, 0.15) is 0 Å². The summed E-state index contributed by atoms with van der Waals surface area (Å²) in [5, 5.41) is 5.65. The number of rotatable bonds is 3. The predicted molar refractivity (Wildman–Crippen MR) is 139 cm³/mol. The molecule has 32 heavy (non-hydrogen) atoms. The molecular formula is C30H22NP. The van der Waals surface area contributed by atoms with Crippen molar-refractivity contribution in [2.24, 2.45) is 6.66 Å². The van der Waals surface area contributed by atoms with Crippen molar-refractivity contribution in [2.45, 2.75) is 0 Å². The van der Waals surface area contributed by atoms with Crippen molar-refractivity contribution < 1.29 is 0 Å². The normalized spacial score (nSPS) is 11.8. The van der Waals surface area contributed by atoms with Crippen LogP contribution in [0.2, 0.25) is 0 Å². The maximum absolute atomic E-state index is 5.18. The molecule has 1 unspecified atom stereocenters. The monoisotopic (exact) mass is 427 g/mol. The van der Waals surface area contributed by atoms with E-state index in [0.29, 0.717) is 0 Å². The molecule has 152 valence electrons. The first-order chi connectivity index (χ1) is 15.8. The zero-order chi connectivity index (χ0) is 21.5. The zero-order valence-corrected chi connectivity index (χ0v) is 18.8. The van der Waals surface area contributed by atoms with Crippen LogP contribution in [-0.2, 0) is 6.66 Å². The molecule has 0 saturated heterocycles. The number of aryl methyl sites for hydroxylation is 1. The SMILES string of the molecule is Cp1c2ccccc2c2cccc(-c3cc(-c4ccccc4)cc(-c4ccccc4)n3)c21. The lowest BCUT2D eigenvalue weighted by atomic mass is 9.99. The summed E-state index contributed by atoms with van der Waals surface area (Å²) in [7, 11) is -0.409. The van der Waals surface area contributed by atoms with Gasteiger partial charge >= 0.3 is 0 Å². The molecule has 0 amide bonds. The van der Waals surface area contributed by atoms with Gasteiger partial charge in [-0.05, 0) is 40.7 Å². The number of benzene rings is 4. The number of fused-ring (bicyclic) bond motifs is 3. The maximum Gasteiger partial charge on any atom is 0.0725 e. The second kappa shape index (κ2) is 7.79. The lowest BCUT2D eigenvalue weighted by molar-refractivity contribution is 1.33. The summed E-state index contributed by atoms with van der Waals surface area (Å²) < 4.78 is 0. The van der Waals surface area contributed by atoms with Gasteiger partial charge < -0.3 is 0 Å². The molecule has 0 spiro atoms. The average Bonchev–Trinajstić information content (AvgIpc) is 3.17. The third kappa shape index (κ3) is 3.14. The van der Waals surface area contributed by atoms with Crippen molar-refractivity contribution in [1.29, 1.82) is 0 Å². The van der Waals surface area contributed by atoms with E-state index >= 15 is 0 Å². The second-order valence-electron chi connectivity index (χ2n) is 8.14. The predicted octanol–water partition coefficient (Wildman–Crippen LogP) is 8.91. The van der Waals surface area contributed by atoms with Crippen LogP contribution in [0, 0.1) is 0 Å². The van der Waals surface area contributed by atoms with Gasteiger partial charge in [0.25, 0.3) is 0 Å². The summed E-state index contributed by atoms with van der Waals surface area (Å²) in [6.07, 6.45) is 0. The molecule has 4 aromatic carbocycles.